The van der Waals surface area contributed by atoms with E-state index in [1.54, 1.807) is 36.4 Å². The molecule has 0 heterocycles. The number of nitrogens with zero attached hydrogens (tertiary/aromatic N) is 2. The molecule has 0 fully saturated rings. The van der Waals surface area contributed by atoms with E-state index in [1.807, 2.05) is 44.2 Å². The fourth-order valence-corrected chi connectivity index (χ4v) is 4.99. The number of ether oxygens (including phenoxy) is 1. The molecule has 0 aromatic heterocycles. The van der Waals surface area contributed by atoms with E-state index in [0.29, 0.717) is 17.7 Å². The maximum atomic E-state index is 14.0. The minimum Gasteiger partial charge on any atom is -0.497 e. The molecular formula is C30H36FN3O5S. The predicted octanol–water partition coefficient (Wildman–Crippen LogP) is 4.16. The number of anilines is 1. The van der Waals surface area contributed by atoms with E-state index in [4.69, 9.17) is 4.74 Å². The lowest BCUT2D eigenvalue weighted by Crippen LogP contribution is -2.54. The summed E-state index contributed by atoms with van der Waals surface area (Å²) in [5.41, 5.74) is 1.71. The van der Waals surface area contributed by atoms with E-state index in [0.717, 1.165) is 16.1 Å². The highest BCUT2D eigenvalue weighted by Gasteiger charge is 2.33. The molecule has 214 valence electrons. The van der Waals surface area contributed by atoms with Crippen LogP contribution in [0.3, 0.4) is 0 Å². The van der Waals surface area contributed by atoms with Crippen LogP contribution in [-0.4, -0.2) is 57.1 Å². The lowest BCUT2D eigenvalue weighted by atomic mass is 10.0. The summed E-state index contributed by atoms with van der Waals surface area (Å²) in [6.45, 7) is 3.26. The molecule has 0 unspecified atom stereocenters. The van der Waals surface area contributed by atoms with Crippen molar-refractivity contribution in [3.05, 3.63) is 95.8 Å². The Morgan fingerprint density at radius 1 is 0.950 bits per heavy atom. The molecule has 40 heavy (non-hydrogen) atoms. The summed E-state index contributed by atoms with van der Waals surface area (Å²) in [5, 5.41) is 2.97. The molecule has 8 nitrogen and oxygen atoms in total. The fraction of sp³-hybridized carbons (Fsp3) is 0.333. The number of nitrogens with one attached hydrogen (secondary N) is 1. The van der Waals surface area contributed by atoms with Gasteiger partial charge in [0.05, 0.1) is 19.1 Å². The predicted molar refractivity (Wildman–Crippen MR) is 154 cm³/mol. The molecule has 2 amide bonds. The highest BCUT2D eigenvalue weighted by Crippen LogP contribution is 2.23. The van der Waals surface area contributed by atoms with Gasteiger partial charge in [0.25, 0.3) is 0 Å². The summed E-state index contributed by atoms with van der Waals surface area (Å²) in [5.74, 6) is -0.833. The topological polar surface area (TPSA) is 96.0 Å². The smallest absolute Gasteiger partial charge is 0.244 e. The highest BCUT2D eigenvalue weighted by atomic mass is 32.2. The Labute approximate surface area is 235 Å². The molecule has 2 atom stereocenters. The zero-order chi connectivity index (χ0) is 29.3. The van der Waals surface area contributed by atoms with Gasteiger partial charge < -0.3 is 15.0 Å². The Kier molecular flexibility index (Phi) is 10.7. The Balaban J connectivity index is 2.04. The minimum atomic E-state index is -3.88. The maximum Gasteiger partial charge on any atom is 0.244 e. The second-order valence-electron chi connectivity index (χ2n) is 9.64. The monoisotopic (exact) mass is 569 g/mol. The van der Waals surface area contributed by atoms with Gasteiger partial charge in [-0.2, -0.15) is 0 Å². The Morgan fingerprint density at radius 3 is 2.12 bits per heavy atom. The average molecular weight is 570 g/mol. The van der Waals surface area contributed by atoms with Crippen molar-refractivity contribution < 1.29 is 27.1 Å². The van der Waals surface area contributed by atoms with Crippen LogP contribution < -0.4 is 14.4 Å². The van der Waals surface area contributed by atoms with Gasteiger partial charge in [-0.1, -0.05) is 49.4 Å². The molecule has 0 aliphatic carbocycles. The summed E-state index contributed by atoms with van der Waals surface area (Å²) in [4.78, 5) is 29.0. The van der Waals surface area contributed by atoms with Crippen LogP contribution in [0.1, 0.15) is 31.4 Å². The third-order valence-corrected chi connectivity index (χ3v) is 7.72. The van der Waals surface area contributed by atoms with Crippen molar-refractivity contribution in [2.45, 2.75) is 45.3 Å². The van der Waals surface area contributed by atoms with Crippen LogP contribution in [-0.2, 0) is 32.6 Å². The molecule has 0 bridgehead atoms. The van der Waals surface area contributed by atoms with Crippen molar-refractivity contribution in [1.29, 1.82) is 0 Å². The molecule has 0 saturated heterocycles. The van der Waals surface area contributed by atoms with Gasteiger partial charge in [-0.3, -0.25) is 13.9 Å². The number of hydrogen-bond acceptors (Lipinski definition) is 5. The quantitative estimate of drug-likeness (QED) is 0.334. The van der Waals surface area contributed by atoms with E-state index in [-0.39, 0.29) is 30.6 Å². The number of hydrogen-bond donors (Lipinski definition) is 1. The van der Waals surface area contributed by atoms with Crippen molar-refractivity contribution in [3.8, 4) is 5.75 Å². The first-order valence-corrected chi connectivity index (χ1v) is 14.9. The third-order valence-electron chi connectivity index (χ3n) is 6.58. The van der Waals surface area contributed by atoms with Crippen LogP contribution in [0, 0.1) is 5.82 Å². The Bertz CT molecular complexity index is 1370. The van der Waals surface area contributed by atoms with Gasteiger partial charge in [-0.15, -0.1) is 0 Å². The number of benzene rings is 3. The van der Waals surface area contributed by atoms with Gasteiger partial charge in [0.15, 0.2) is 0 Å². The Hall–Kier alpha value is -3.92. The molecular weight excluding hydrogens is 533 g/mol. The Morgan fingerprint density at radius 2 is 1.57 bits per heavy atom. The van der Waals surface area contributed by atoms with Crippen molar-refractivity contribution in [3.63, 3.8) is 0 Å². The first kappa shape index (κ1) is 30.6. The largest absolute Gasteiger partial charge is 0.497 e. The van der Waals surface area contributed by atoms with Crippen LogP contribution in [0.4, 0.5) is 10.1 Å². The number of methoxy groups -OCH3 is 1. The number of carbonyl (C=O) groups excluding carboxylic acids is 2. The van der Waals surface area contributed by atoms with Crippen LogP contribution >= 0.6 is 0 Å². The first-order valence-electron chi connectivity index (χ1n) is 13.0. The highest BCUT2D eigenvalue weighted by molar-refractivity contribution is 7.92. The van der Waals surface area contributed by atoms with Crippen LogP contribution in [0.5, 0.6) is 5.75 Å². The molecule has 0 aliphatic heterocycles. The normalized spacial score (nSPS) is 12.7. The number of carbonyl (C=O) groups is 2. The summed E-state index contributed by atoms with van der Waals surface area (Å²) in [6, 6.07) is 20.1. The molecule has 10 heteroatoms. The molecule has 3 rings (SSSR count). The summed E-state index contributed by atoms with van der Waals surface area (Å²) < 4.78 is 45.5. The second kappa shape index (κ2) is 13.9. The molecule has 0 spiro atoms. The van der Waals surface area contributed by atoms with E-state index < -0.39 is 34.3 Å². The summed E-state index contributed by atoms with van der Waals surface area (Å²) >= 11 is 0. The number of sulfonamides is 1. The van der Waals surface area contributed by atoms with Crippen LogP contribution in [0.25, 0.3) is 0 Å². The molecule has 0 saturated carbocycles. The van der Waals surface area contributed by atoms with E-state index in [2.05, 4.69) is 5.32 Å². The van der Waals surface area contributed by atoms with E-state index in [1.165, 1.54) is 24.1 Å². The minimum absolute atomic E-state index is 0.0231. The lowest BCUT2D eigenvalue weighted by molar-refractivity contribution is -0.140. The van der Waals surface area contributed by atoms with Crippen LogP contribution in [0.2, 0.25) is 0 Å². The molecule has 0 aliphatic rings. The molecule has 3 aromatic rings. The van der Waals surface area contributed by atoms with Gasteiger partial charge in [-0.25, -0.2) is 12.8 Å². The fourth-order valence-electron chi connectivity index (χ4n) is 4.14. The average Bonchev–Trinajstić information content (AvgIpc) is 2.94. The van der Waals surface area contributed by atoms with Crippen molar-refractivity contribution in [1.82, 2.24) is 10.2 Å². The first-order chi connectivity index (χ1) is 19.0. The second-order valence-corrected chi connectivity index (χ2v) is 11.5. The summed E-state index contributed by atoms with van der Waals surface area (Å²) in [6.07, 6.45) is 1.92. The van der Waals surface area contributed by atoms with Crippen molar-refractivity contribution in [2.24, 2.45) is 0 Å². The summed E-state index contributed by atoms with van der Waals surface area (Å²) in [7, 11) is -2.38. The molecule has 1 N–H and O–H groups in total. The molecule has 3 aromatic carbocycles. The standard InChI is InChI=1S/C30H36FN3O5S/c1-5-22(2)32-30(36)28(19-23-9-7-6-8-10-23)33(20-24-11-13-25(31)14-12-24)29(35)21-34(40(4,37)38)26-15-17-27(39-3)18-16-26/h6-18,22,28H,5,19-21H2,1-4H3,(H,32,36)/t22-,28+/m1/s1. The third kappa shape index (κ3) is 8.54. The van der Waals surface area contributed by atoms with E-state index in [9.17, 15) is 22.4 Å². The van der Waals surface area contributed by atoms with Crippen molar-refractivity contribution >= 4 is 27.5 Å². The zero-order valence-corrected chi connectivity index (χ0v) is 24.0. The SMILES string of the molecule is CC[C@@H](C)NC(=O)[C@H](Cc1ccccc1)N(Cc1ccc(F)cc1)C(=O)CN(c1ccc(OC)cc1)S(C)(=O)=O. The van der Waals surface area contributed by atoms with Gasteiger partial charge in [0, 0.05) is 19.0 Å². The van der Waals surface area contributed by atoms with Crippen LogP contribution in [0.15, 0.2) is 78.9 Å². The number of amides is 2. The number of halogens is 1. The van der Waals surface area contributed by atoms with Gasteiger partial charge >= 0.3 is 0 Å². The lowest BCUT2D eigenvalue weighted by Gasteiger charge is -2.34. The zero-order valence-electron chi connectivity index (χ0n) is 23.2. The molecule has 0 radical (unpaired) electrons. The van der Waals surface area contributed by atoms with Crippen molar-refractivity contribution in [2.75, 3.05) is 24.2 Å². The number of rotatable bonds is 13. The van der Waals surface area contributed by atoms with E-state index >= 15 is 0 Å². The maximum absolute atomic E-state index is 14.0. The van der Waals surface area contributed by atoms with Gasteiger partial charge in [-0.05, 0) is 60.9 Å². The van der Waals surface area contributed by atoms with Gasteiger partial charge in [0.2, 0.25) is 21.8 Å². The van der Waals surface area contributed by atoms with Gasteiger partial charge in [0.1, 0.15) is 24.2 Å².